The van der Waals surface area contributed by atoms with Gasteiger partial charge < -0.3 is 14.5 Å². The Balaban J connectivity index is 1.95. The summed E-state index contributed by atoms with van der Waals surface area (Å²) >= 11 is 0. The van der Waals surface area contributed by atoms with E-state index in [1.54, 1.807) is 0 Å². The van der Waals surface area contributed by atoms with Crippen LogP contribution in [0.15, 0.2) is 0 Å². The number of amides is 1. The van der Waals surface area contributed by atoms with Gasteiger partial charge in [0.05, 0.1) is 0 Å². The Morgan fingerprint density at radius 3 is 2.44 bits per heavy atom. The van der Waals surface area contributed by atoms with Crippen LogP contribution >= 0.6 is 0 Å². The molecule has 3 atom stereocenters. The molecule has 2 fully saturated rings. The third-order valence-electron chi connectivity index (χ3n) is 4.13. The number of likely N-dealkylation sites (tertiary alicyclic amines) is 1. The summed E-state index contributed by atoms with van der Waals surface area (Å²) in [7, 11) is 4.28. The molecule has 1 saturated carbocycles. The Bertz CT molecular complexity index is 322. The molecular formula is C14H26N2O2. The second-order valence-corrected chi connectivity index (χ2v) is 6.92. The smallest absolute Gasteiger partial charge is 0.410 e. The monoisotopic (exact) mass is 254 g/mol. The third kappa shape index (κ3) is 2.79. The van der Waals surface area contributed by atoms with Gasteiger partial charge in [0.25, 0.3) is 0 Å². The Kier molecular flexibility index (Phi) is 3.58. The average molecular weight is 254 g/mol. The minimum absolute atomic E-state index is 0.144. The number of rotatable bonds is 1. The van der Waals surface area contributed by atoms with E-state index in [4.69, 9.17) is 4.74 Å². The van der Waals surface area contributed by atoms with Gasteiger partial charge in [0.1, 0.15) is 5.60 Å². The normalized spacial score (nSPS) is 31.9. The van der Waals surface area contributed by atoms with Gasteiger partial charge in [-0.15, -0.1) is 0 Å². The molecule has 0 aromatic heterocycles. The van der Waals surface area contributed by atoms with Crippen molar-refractivity contribution >= 4 is 6.09 Å². The van der Waals surface area contributed by atoms with Crippen molar-refractivity contribution in [1.29, 1.82) is 0 Å². The van der Waals surface area contributed by atoms with Gasteiger partial charge in [-0.25, -0.2) is 4.79 Å². The maximum atomic E-state index is 12.1. The molecule has 4 nitrogen and oxygen atoms in total. The minimum atomic E-state index is -0.393. The first-order valence-corrected chi connectivity index (χ1v) is 6.92. The van der Waals surface area contributed by atoms with Gasteiger partial charge in [-0.2, -0.15) is 0 Å². The second-order valence-electron chi connectivity index (χ2n) is 6.92. The molecule has 0 aromatic carbocycles. The SMILES string of the molecule is CN(C)[C@H]1CC[C@H]2CN(C(=O)OC(C)(C)C)C[C@H]21. The molecule has 0 N–H and O–H groups in total. The van der Waals surface area contributed by atoms with Crippen LogP contribution in [0.3, 0.4) is 0 Å². The van der Waals surface area contributed by atoms with E-state index in [0.29, 0.717) is 17.9 Å². The van der Waals surface area contributed by atoms with Gasteiger partial charge in [0.2, 0.25) is 0 Å². The summed E-state index contributed by atoms with van der Waals surface area (Å²) in [6, 6.07) is 0.627. The molecule has 2 aliphatic rings. The molecular weight excluding hydrogens is 228 g/mol. The van der Waals surface area contributed by atoms with Crippen molar-refractivity contribution in [2.75, 3.05) is 27.2 Å². The molecule has 1 saturated heterocycles. The highest BCUT2D eigenvalue weighted by molar-refractivity contribution is 5.68. The summed E-state index contributed by atoms with van der Waals surface area (Å²) in [4.78, 5) is 16.3. The Hall–Kier alpha value is -0.770. The van der Waals surface area contributed by atoms with E-state index in [9.17, 15) is 4.79 Å². The molecule has 4 heteroatoms. The lowest BCUT2D eigenvalue weighted by Crippen LogP contribution is -2.38. The van der Waals surface area contributed by atoms with Crippen molar-refractivity contribution in [1.82, 2.24) is 9.80 Å². The molecule has 0 spiro atoms. The van der Waals surface area contributed by atoms with E-state index in [1.807, 2.05) is 25.7 Å². The molecule has 1 aliphatic heterocycles. The second kappa shape index (κ2) is 4.72. The van der Waals surface area contributed by atoms with Crippen LogP contribution in [0.5, 0.6) is 0 Å². The fourth-order valence-corrected chi connectivity index (χ4v) is 3.35. The first kappa shape index (κ1) is 13.7. The molecule has 1 heterocycles. The third-order valence-corrected chi connectivity index (χ3v) is 4.13. The maximum Gasteiger partial charge on any atom is 0.410 e. The molecule has 0 bridgehead atoms. The summed E-state index contributed by atoms with van der Waals surface area (Å²) in [5.41, 5.74) is -0.393. The van der Waals surface area contributed by atoms with E-state index in [1.165, 1.54) is 12.8 Å². The van der Waals surface area contributed by atoms with Gasteiger partial charge >= 0.3 is 6.09 Å². The molecule has 18 heavy (non-hydrogen) atoms. The van der Waals surface area contributed by atoms with E-state index in [0.717, 1.165) is 13.1 Å². The Morgan fingerprint density at radius 2 is 1.89 bits per heavy atom. The van der Waals surface area contributed by atoms with Crippen LogP contribution in [0.2, 0.25) is 0 Å². The number of ether oxygens (including phenoxy) is 1. The number of fused-ring (bicyclic) bond motifs is 1. The molecule has 0 unspecified atom stereocenters. The number of hydrogen-bond donors (Lipinski definition) is 0. The lowest BCUT2D eigenvalue weighted by molar-refractivity contribution is 0.0273. The summed E-state index contributed by atoms with van der Waals surface area (Å²) < 4.78 is 5.46. The first-order chi connectivity index (χ1) is 8.28. The first-order valence-electron chi connectivity index (χ1n) is 6.92. The number of nitrogens with zero attached hydrogens (tertiary/aromatic N) is 2. The van der Waals surface area contributed by atoms with E-state index < -0.39 is 5.60 Å². The quantitative estimate of drug-likeness (QED) is 0.719. The van der Waals surface area contributed by atoms with Gasteiger partial charge in [-0.3, -0.25) is 0 Å². The topological polar surface area (TPSA) is 32.8 Å². The predicted molar refractivity (Wildman–Crippen MR) is 71.5 cm³/mol. The van der Waals surface area contributed by atoms with E-state index >= 15 is 0 Å². The molecule has 0 aromatic rings. The van der Waals surface area contributed by atoms with E-state index in [2.05, 4.69) is 19.0 Å². The molecule has 104 valence electrons. The van der Waals surface area contributed by atoms with Crippen LogP contribution in [0.1, 0.15) is 33.6 Å². The molecule has 0 radical (unpaired) electrons. The minimum Gasteiger partial charge on any atom is -0.444 e. The van der Waals surface area contributed by atoms with Crippen LogP contribution in [-0.2, 0) is 4.74 Å². The van der Waals surface area contributed by atoms with Crippen LogP contribution in [-0.4, -0.2) is 54.7 Å². The Labute approximate surface area is 110 Å². The van der Waals surface area contributed by atoms with E-state index in [-0.39, 0.29) is 6.09 Å². The van der Waals surface area contributed by atoms with Crippen molar-refractivity contribution in [3.05, 3.63) is 0 Å². The van der Waals surface area contributed by atoms with Crippen LogP contribution in [0.4, 0.5) is 4.79 Å². The predicted octanol–water partition coefficient (Wildman–Crippen LogP) is 2.19. The van der Waals surface area contributed by atoms with Crippen LogP contribution in [0.25, 0.3) is 0 Å². The maximum absolute atomic E-state index is 12.1. The lowest BCUT2D eigenvalue weighted by atomic mass is 9.97. The lowest BCUT2D eigenvalue weighted by Gasteiger charge is -2.27. The molecule has 1 amide bonds. The van der Waals surface area contributed by atoms with Gasteiger partial charge in [-0.1, -0.05) is 0 Å². The van der Waals surface area contributed by atoms with Crippen molar-refractivity contribution in [3.63, 3.8) is 0 Å². The number of carbonyl (C=O) groups is 1. The zero-order valence-electron chi connectivity index (χ0n) is 12.3. The van der Waals surface area contributed by atoms with Crippen LogP contribution < -0.4 is 0 Å². The zero-order chi connectivity index (χ0) is 13.5. The summed E-state index contributed by atoms with van der Waals surface area (Å²) in [6.45, 7) is 7.51. The zero-order valence-corrected chi connectivity index (χ0v) is 12.3. The van der Waals surface area contributed by atoms with Gasteiger partial charge in [-0.05, 0) is 59.5 Å². The summed E-state index contributed by atoms with van der Waals surface area (Å²) in [6.07, 6.45) is 2.37. The van der Waals surface area contributed by atoms with Gasteiger partial charge in [0.15, 0.2) is 0 Å². The van der Waals surface area contributed by atoms with Gasteiger partial charge in [0, 0.05) is 19.1 Å². The molecule has 2 rings (SSSR count). The van der Waals surface area contributed by atoms with Crippen molar-refractivity contribution in [3.8, 4) is 0 Å². The fraction of sp³-hybridized carbons (Fsp3) is 0.929. The summed E-state index contributed by atoms with van der Waals surface area (Å²) in [5.74, 6) is 1.30. The molecule has 1 aliphatic carbocycles. The number of carbonyl (C=O) groups excluding carboxylic acids is 1. The average Bonchev–Trinajstić information content (AvgIpc) is 2.70. The highest BCUT2D eigenvalue weighted by atomic mass is 16.6. The largest absolute Gasteiger partial charge is 0.444 e. The van der Waals surface area contributed by atoms with Crippen molar-refractivity contribution < 1.29 is 9.53 Å². The Morgan fingerprint density at radius 1 is 1.22 bits per heavy atom. The summed E-state index contributed by atoms with van der Waals surface area (Å²) in [5, 5.41) is 0. The van der Waals surface area contributed by atoms with Crippen LogP contribution in [0, 0.1) is 11.8 Å². The van der Waals surface area contributed by atoms with Crippen molar-refractivity contribution in [2.45, 2.75) is 45.3 Å². The fourth-order valence-electron chi connectivity index (χ4n) is 3.35. The highest BCUT2D eigenvalue weighted by Gasteiger charge is 2.45. The standard InChI is InChI=1S/C14H26N2O2/c1-14(2,3)18-13(17)16-8-10-6-7-12(15(4)5)11(10)9-16/h10-12H,6-9H2,1-5H3/t10-,11+,12-/m0/s1. The van der Waals surface area contributed by atoms with Crippen molar-refractivity contribution in [2.24, 2.45) is 11.8 Å². The number of hydrogen-bond acceptors (Lipinski definition) is 3. The highest BCUT2D eigenvalue weighted by Crippen LogP contribution is 2.40.